The van der Waals surface area contributed by atoms with E-state index in [-0.39, 0.29) is 52.5 Å². The Labute approximate surface area is 301 Å². The van der Waals surface area contributed by atoms with E-state index in [0.29, 0.717) is 11.3 Å². The molecule has 0 spiro atoms. The Morgan fingerprint density at radius 2 is 1.33 bits per heavy atom. The van der Waals surface area contributed by atoms with Gasteiger partial charge in [0, 0.05) is 33.4 Å². The first-order valence-electron chi connectivity index (χ1n) is 16.8. The fraction of sp³-hybridized carbons (Fsp3) is 0.250. The van der Waals surface area contributed by atoms with Crippen LogP contribution < -0.4 is 32.2 Å². The third kappa shape index (κ3) is 8.95. The van der Waals surface area contributed by atoms with E-state index in [0.717, 1.165) is 5.56 Å². The van der Waals surface area contributed by atoms with Crippen molar-refractivity contribution < 1.29 is 33.5 Å². The number of rotatable bonds is 13. The van der Waals surface area contributed by atoms with E-state index < -0.39 is 53.6 Å². The average Bonchev–Trinajstić information content (AvgIpc) is 3.11. The summed E-state index contributed by atoms with van der Waals surface area (Å²) in [6, 6.07) is 23.5. The van der Waals surface area contributed by atoms with Crippen LogP contribution in [0.2, 0.25) is 0 Å². The van der Waals surface area contributed by atoms with E-state index in [1.165, 1.54) is 18.2 Å². The molecule has 0 bridgehead atoms. The monoisotopic (exact) mass is 703 g/mol. The Kier molecular flexibility index (Phi) is 11.3. The van der Waals surface area contributed by atoms with Crippen LogP contribution in [0.1, 0.15) is 85.3 Å². The number of hydrogen-bond donors (Lipinski definition) is 5. The van der Waals surface area contributed by atoms with Crippen molar-refractivity contribution >= 4 is 35.2 Å². The molecule has 12 heteroatoms. The second-order valence-electron chi connectivity index (χ2n) is 13.6. The van der Waals surface area contributed by atoms with Crippen molar-refractivity contribution in [1.29, 1.82) is 0 Å². The molecule has 1 aliphatic carbocycles. The maximum absolute atomic E-state index is 13.8. The summed E-state index contributed by atoms with van der Waals surface area (Å²) < 4.78 is 6.03. The fourth-order valence-electron chi connectivity index (χ4n) is 5.84. The van der Waals surface area contributed by atoms with Crippen LogP contribution in [0.3, 0.4) is 0 Å². The summed E-state index contributed by atoms with van der Waals surface area (Å²) in [5.41, 5.74) is 13.5. The van der Waals surface area contributed by atoms with Crippen molar-refractivity contribution in [2.45, 2.75) is 57.3 Å². The molecule has 268 valence electrons. The Morgan fingerprint density at radius 3 is 1.98 bits per heavy atom. The van der Waals surface area contributed by atoms with Gasteiger partial charge in [-0.15, -0.1) is 0 Å². The summed E-state index contributed by atoms with van der Waals surface area (Å²) in [6.45, 7) is 5.49. The molecular weight excluding hydrogens is 662 g/mol. The molecule has 4 amide bonds. The Balaban J connectivity index is 1.34. The van der Waals surface area contributed by atoms with Crippen LogP contribution in [0.4, 0.5) is 0 Å². The molecule has 4 aromatic carbocycles. The minimum atomic E-state index is -1.41. The van der Waals surface area contributed by atoms with Crippen LogP contribution in [-0.2, 0) is 16.0 Å². The Hall–Kier alpha value is -6.14. The van der Waals surface area contributed by atoms with Crippen LogP contribution in [0.25, 0.3) is 0 Å². The first-order valence-corrected chi connectivity index (χ1v) is 16.8. The average molecular weight is 704 g/mol. The highest BCUT2D eigenvalue weighted by Crippen LogP contribution is 2.28. The predicted octanol–water partition coefficient (Wildman–Crippen LogP) is 3.10. The molecule has 0 aliphatic heterocycles. The first kappa shape index (κ1) is 37.1. The zero-order valence-corrected chi connectivity index (χ0v) is 29.1. The largest absolute Gasteiger partial charge is 0.491 e. The highest BCUT2D eigenvalue weighted by atomic mass is 16.5. The zero-order valence-electron chi connectivity index (χ0n) is 29.1. The van der Waals surface area contributed by atoms with E-state index in [1.54, 1.807) is 48.5 Å². The van der Waals surface area contributed by atoms with Crippen molar-refractivity contribution in [2.75, 3.05) is 6.61 Å². The van der Waals surface area contributed by atoms with Gasteiger partial charge in [-0.25, -0.2) is 0 Å². The number of carbonyl (C=O) groups excluding carboxylic acids is 6. The molecule has 0 saturated carbocycles. The number of ether oxygens (including phenoxy) is 1. The first-order chi connectivity index (χ1) is 24.7. The number of para-hydroxylation sites is 1. The molecule has 4 aromatic rings. The molecule has 1 aliphatic rings. The number of ketones is 2. The topological polar surface area (TPSA) is 200 Å². The van der Waals surface area contributed by atoms with Gasteiger partial charge in [0.2, 0.25) is 11.8 Å². The lowest BCUT2D eigenvalue weighted by Gasteiger charge is -2.28. The molecule has 52 heavy (non-hydrogen) atoms. The number of primary amides is 1. The highest BCUT2D eigenvalue weighted by Gasteiger charge is 2.32. The summed E-state index contributed by atoms with van der Waals surface area (Å²) >= 11 is 0. The van der Waals surface area contributed by atoms with Crippen LogP contribution in [-0.4, -0.2) is 65.5 Å². The number of hydrogen-bond acceptors (Lipinski definition) is 8. The third-order valence-corrected chi connectivity index (χ3v) is 8.41. The normalized spacial score (nSPS) is 13.8. The lowest BCUT2D eigenvalue weighted by Crippen LogP contribution is -2.57. The van der Waals surface area contributed by atoms with Crippen LogP contribution in [0, 0.1) is 0 Å². The molecule has 0 unspecified atom stereocenters. The van der Waals surface area contributed by atoms with Gasteiger partial charge >= 0.3 is 0 Å². The summed E-state index contributed by atoms with van der Waals surface area (Å²) in [7, 11) is 0. The lowest BCUT2D eigenvalue weighted by atomic mass is 9.83. The predicted molar refractivity (Wildman–Crippen MR) is 194 cm³/mol. The van der Waals surface area contributed by atoms with E-state index in [2.05, 4.69) is 16.0 Å². The second-order valence-corrected chi connectivity index (χ2v) is 13.6. The quantitative estimate of drug-likeness (QED) is 0.123. The molecular formula is C40H41N5O7. The van der Waals surface area contributed by atoms with E-state index >= 15 is 0 Å². The van der Waals surface area contributed by atoms with Crippen LogP contribution in [0.15, 0.2) is 97.1 Å². The van der Waals surface area contributed by atoms with E-state index in [9.17, 15) is 28.8 Å². The van der Waals surface area contributed by atoms with Gasteiger partial charge in [0.05, 0.1) is 24.1 Å². The summed E-state index contributed by atoms with van der Waals surface area (Å²) in [5.74, 6) is -3.12. The van der Waals surface area contributed by atoms with Crippen molar-refractivity contribution in [3.8, 4) is 5.75 Å². The standard InChI is InChI=1S/C40H41N5O7/c1-40(2,3)45-38(50)28-15-9-10-16-33(28)52-22-30(41)31(19-23-11-5-4-6-12-23)43-39(51)32(21-34(42)46)44-37(49)24-17-18-27-29(20-24)36(48)26-14-8-7-13-25(26)35(27)47/h4-18,20,30-32H,19,21-22,41H2,1-3H3,(H2,42,46)(H,43,51)(H,44,49)(H,45,50)/t30-,31+,32+/m1/s1. The van der Waals surface area contributed by atoms with Crippen molar-refractivity contribution in [3.05, 3.63) is 136 Å². The van der Waals surface area contributed by atoms with Crippen molar-refractivity contribution in [2.24, 2.45) is 11.5 Å². The number of carbonyl (C=O) groups is 6. The number of nitrogens with two attached hydrogens (primary N) is 2. The SMILES string of the molecule is CC(C)(C)NC(=O)c1ccccc1OC[C@@H](N)[C@H](Cc1ccccc1)NC(=O)[C@H](CC(N)=O)NC(=O)c1ccc2c(c1)C(=O)c1ccccc1C2=O. The molecule has 7 N–H and O–H groups in total. The van der Waals surface area contributed by atoms with E-state index in [4.69, 9.17) is 16.2 Å². The van der Waals surface area contributed by atoms with Crippen molar-refractivity contribution in [3.63, 3.8) is 0 Å². The third-order valence-electron chi connectivity index (χ3n) is 8.41. The summed E-state index contributed by atoms with van der Waals surface area (Å²) in [4.78, 5) is 78.6. The van der Waals surface area contributed by atoms with Crippen LogP contribution >= 0.6 is 0 Å². The number of amides is 4. The maximum Gasteiger partial charge on any atom is 0.255 e. The van der Waals surface area contributed by atoms with Gasteiger partial charge in [-0.1, -0.05) is 66.7 Å². The van der Waals surface area contributed by atoms with Gasteiger partial charge in [-0.2, -0.15) is 0 Å². The van der Waals surface area contributed by atoms with Gasteiger partial charge in [-0.05, 0) is 63.1 Å². The van der Waals surface area contributed by atoms with Gasteiger partial charge in [-0.3, -0.25) is 28.8 Å². The maximum atomic E-state index is 13.8. The molecule has 0 aromatic heterocycles. The molecule has 5 rings (SSSR count). The molecule has 0 heterocycles. The lowest BCUT2D eigenvalue weighted by molar-refractivity contribution is -0.127. The molecule has 0 saturated heterocycles. The zero-order chi connectivity index (χ0) is 37.6. The van der Waals surface area contributed by atoms with Crippen molar-refractivity contribution in [1.82, 2.24) is 16.0 Å². The van der Waals surface area contributed by atoms with Gasteiger partial charge < -0.3 is 32.2 Å². The fourth-order valence-corrected chi connectivity index (χ4v) is 5.84. The van der Waals surface area contributed by atoms with E-state index in [1.807, 2.05) is 51.1 Å². The Bertz CT molecular complexity index is 2020. The second kappa shape index (κ2) is 15.8. The summed E-state index contributed by atoms with van der Waals surface area (Å²) in [6.07, 6.45) is -0.268. The van der Waals surface area contributed by atoms with Crippen LogP contribution in [0.5, 0.6) is 5.75 Å². The number of benzene rings is 4. The van der Waals surface area contributed by atoms with Gasteiger partial charge in [0.15, 0.2) is 11.6 Å². The number of fused-ring (bicyclic) bond motifs is 2. The molecule has 3 atom stereocenters. The Morgan fingerprint density at radius 1 is 0.731 bits per heavy atom. The van der Waals surface area contributed by atoms with Gasteiger partial charge in [0.1, 0.15) is 18.4 Å². The highest BCUT2D eigenvalue weighted by molar-refractivity contribution is 6.28. The minimum absolute atomic E-state index is 0.00153. The molecule has 12 nitrogen and oxygen atoms in total. The summed E-state index contributed by atoms with van der Waals surface area (Å²) in [5, 5.41) is 8.33. The minimum Gasteiger partial charge on any atom is -0.491 e. The molecule has 0 fully saturated rings. The molecule has 0 radical (unpaired) electrons. The smallest absolute Gasteiger partial charge is 0.255 e. The number of nitrogens with one attached hydrogen (secondary N) is 3. The van der Waals surface area contributed by atoms with Gasteiger partial charge in [0.25, 0.3) is 11.8 Å².